The number of rotatable bonds is 6. The predicted octanol–water partition coefficient (Wildman–Crippen LogP) is 1.25. The molecule has 1 aromatic rings. The first-order chi connectivity index (χ1) is 8.41. The number of hydrogen-bond acceptors (Lipinski definition) is 4. The summed E-state index contributed by atoms with van der Waals surface area (Å²) in [4.78, 5) is 29.3. The van der Waals surface area contributed by atoms with E-state index in [4.69, 9.17) is 5.11 Å². The number of aromatic nitrogens is 2. The second-order valence-electron chi connectivity index (χ2n) is 4.50. The van der Waals surface area contributed by atoms with Crippen LogP contribution < -0.4 is 10.9 Å². The molecule has 1 atom stereocenters. The Morgan fingerprint density at radius 2 is 2.22 bits per heavy atom. The van der Waals surface area contributed by atoms with Crippen molar-refractivity contribution in [3.8, 4) is 0 Å². The van der Waals surface area contributed by atoms with E-state index in [2.05, 4.69) is 15.3 Å². The lowest BCUT2D eigenvalue weighted by atomic mass is 9.88. The molecule has 18 heavy (non-hydrogen) atoms. The van der Waals surface area contributed by atoms with E-state index in [1.807, 2.05) is 13.8 Å². The molecule has 0 bridgehead atoms. The summed E-state index contributed by atoms with van der Waals surface area (Å²) < 4.78 is 0. The number of aryl methyl sites for hydroxylation is 1. The maximum atomic E-state index is 11.3. The Morgan fingerprint density at radius 3 is 2.72 bits per heavy atom. The van der Waals surface area contributed by atoms with Crippen LogP contribution in [0.3, 0.4) is 0 Å². The van der Waals surface area contributed by atoms with E-state index < -0.39 is 11.4 Å². The lowest BCUT2D eigenvalue weighted by molar-refractivity contribution is -0.147. The van der Waals surface area contributed by atoms with Gasteiger partial charge in [0.05, 0.1) is 5.41 Å². The second kappa shape index (κ2) is 5.66. The van der Waals surface area contributed by atoms with Gasteiger partial charge in [-0.25, -0.2) is 4.98 Å². The summed E-state index contributed by atoms with van der Waals surface area (Å²) in [5, 5.41) is 12.1. The largest absolute Gasteiger partial charge is 0.481 e. The van der Waals surface area contributed by atoms with Crippen LogP contribution in [-0.4, -0.2) is 27.6 Å². The van der Waals surface area contributed by atoms with Crippen molar-refractivity contribution in [1.82, 2.24) is 9.97 Å². The standard InChI is InChI=1S/C12H19N3O3/c1-4-8-14-9(6-10(16)15-8)13-7-12(3,5-2)11(17)18/h6H,4-5,7H2,1-3H3,(H,17,18)(H2,13,14,15,16). The van der Waals surface area contributed by atoms with Gasteiger partial charge in [-0.1, -0.05) is 13.8 Å². The fourth-order valence-electron chi connectivity index (χ4n) is 1.40. The Kier molecular flexibility index (Phi) is 4.47. The van der Waals surface area contributed by atoms with Crippen LogP contribution >= 0.6 is 0 Å². The van der Waals surface area contributed by atoms with E-state index in [1.165, 1.54) is 6.07 Å². The highest BCUT2D eigenvalue weighted by Gasteiger charge is 2.30. The maximum Gasteiger partial charge on any atom is 0.311 e. The summed E-state index contributed by atoms with van der Waals surface area (Å²) in [6, 6.07) is 1.33. The van der Waals surface area contributed by atoms with E-state index in [0.717, 1.165) is 0 Å². The third kappa shape index (κ3) is 3.32. The number of carbonyl (C=O) groups is 1. The average molecular weight is 253 g/mol. The number of nitrogens with one attached hydrogen (secondary N) is 2. The van der Waals surface area contributed by atoms with E-state index in [-0.39, 0.29) is 12.1 Å². The Balaban J connectivity index is 2.83. The molecule has 1 aromatic heterocycles. The van der Waals surface area contributed by atoms with Gasteiger partial charge in [0.25, 0.3) is 5.56 Å². The average Bonchev–Trinajstić information content (AvgIpc) is 2.35. The molecular formula is C12H19N3O3. The minimum Gasteiger partial charge on any atom is -0.481 e. The van der Waals surface area contributed by atoms with Crippen LogP contribution in [0, 0.1) is 5.41 Å². The number of nitrogens with zero attached hydrogens (tertiary/aromatic N) is 1. The molecule has 0 radical (unpaired) electrons. The predicted molar refractivity (Wildman–Crippen MR) is 68.8 cm³/mol. The Hall–Kier alpha value is -1.85. The van der Waals surface area contributed by atoms with Crippen molar-refractivity contribution in [1.29, 1.82) is 0 Å². The Morgan fingerprint density at radius 1 is 1.56 bits per heavy atom. The first kappa shape index (κ1) is 14.2. The van der Waals surface area contributed by atoms with Crippen LogP contribution in [0.15, 0.2) is 10.9 Å². The molecule has 6 nitrogen and oxygen atoms in total. The summed E-state index contributed by atoms with van der Waals surface area (Å²) in [6.07, 6.45) is 1.12. The smallest absolute Gasteiger partial charge is 0.311 e. The molecule has 0 saturated heterocycles. The zero-order chi connectivity index (χ0) is 13.8. The van der Waals surface area contributed by atoms with Gasteiger partial charge < -0.3 is 15.4 Å². The molecule has 0 aliphatic carbocycles. The van der Waals surface area contributed by atoms with Gasteiger partial charge in [-0.2, -0.15) is 0 Å². The van der Waals surface area contributed by atoms with Crippen LogP contribution in [-0.2, 0) is 11.2 Å². The van der Waals surface area contributed by atoms with Gasteiger partial charge in [0.1, 0.15) is 11.6 Å². The van der Waals surface area contributed by atoms with Crippen molar-refractivity contribution >= 4 is 11.8 Å². The first-order valence-corrected chi connectivity index (χ1v) is 5.98. The minimum absolute atomic E-state index is 0.235. The molecule has 100 valence electrons. The van der Waals surface area contributed by atoms with Crippen molar-refractivity contribution in [3.63, 3.8) is 0 Å². The molecule has 0 fully saturated rings. The van der Waals surface area contributed by atoms with Gasteiger partial charge in [-0.3, -0.25) is 9.59 Å². The number of anilines is 1. The quantitative estimate of drug-likeness (QED) is 0.709. The summed E-state index contributed by atoms with van der Waals surface area (Å²) in [5.74, 6) is 0.133. The van der Waals surface area contributed by atoms with E-state index in [9.17, 15) is 9.59 Å². The summed E-state index contributed by atoms with van der Waals surface area (Å²) >= 11 is 0. The maximum absolute atomic E-state index is 11.3. The summed E-state index contributed by atoms with van der Waals surface area (Å²) in [6.45, 7) is 5.60. The zero-order valence-corrected chi connectivity index (χ0v) is 10.9. The molecule has 3 N–H and O–H groups in total. The Bertz CT molecular complexity index is 484. The molecule has 0 spiro atoms. The summed E-state index contributed by atoms with van der Waals surface area (Å²) in [7, 11) is 0. The van der Waals surface area contributed by atoms with Gasteiger partial charge in [0.2, 0.25) is 0 Å². The molecule has 1 unspecified atom stereocenters. The molecule has 0 aromatic carbocycles. The molecule has 0 aliphatic rings. The van der Waals surface area contributed by atoms with E-state index in [0.29, 0.717) is 24.5 Å². The highest BCUT2D eigenvalue weighted by atomic mass is 16.4. The lowest BCUT2D eigenvalue weighted by Gasteiger charge is -2.23. The van der Waals surface area contributed by atoms with Crippen LogP contribution in [0.4, 0.5) is 5.82 Å². The van der Waals surface area contributed by atoms with Gasteiger partial charge in [-0.15, -0.1) is 0 Å². The number of aliphatic carboxylic acids is 1. The zero-order valence-electron chi connectivity index (χ0n) is 10.9. The van der Waals surface area contributed by atoms with Crippen LogP contribution in [0.5, 0.6) is 0 Å². The van der Waals surface area contributed by atoms with Crippen molar-refractivity contribution in [3.05, 3.63) is 22.2 Å². The highest BCUT2D eigenvalue weighted by molar-refractivity contribution is 5.74. The number of carboxylic acid groups (broad SMARTS) is 1. The first-order valence-electron chi connectivity index (χ1n) is 5.98. The number of H-pyrrole nitrogens is 1. The Labute approximate surface area is 105 Å². The fourth-order valence-corrected chi connectivity index (χ4v) is 1.40. The molecule has 1 rings (SSSR count). The molecule has 0 saturated carbocycles. The normalized spacial score (nSPS) is 13.9. The highest BCUT2D eigenvalue weighted by Crippen LogP contribution is 2.21. The molecular weight excluding hydrogens is 234 g/mol. The molecule has 6 heteroatoms. The van der Waals surface area contributed by atoms with Crippen LogP contribution in [0.25, 0.3) is 0 Å². The molecule has 1 heterocycles. The third-order valence-corrected chi connectivity index (χ3v) is 3.08. The molecule has 0 amide bonds. The van der Waals surface area contributed by atoms with E-state index >= 15 is 0 Å². The number of hydrogen-bond donors (Lipinski definition) is 3. The fraction of sp³-hybridized carbons (Fsp3) is 0.583. The van der Waals surface area contributed by atoms with E-state index in [1.54, 1.807) is 6.92 Å². The van der Waals surface area contributed by atoms with Gasteiger partial charge in [-0.05, 0) is 13.3 Å². The number of carboxylic acids is 1. The van der Waals surface area contributed by atoms with Gasteiger partial charge >= 0.3 is 5.97 Å². The lowest BCUT2D eigenvalue weighted by Crippen LogP contribution is -2.34. The van der Waals surface area contributed by atoms with Crippen molar-refractivity contribution in [2.45, 2.75) is 33.6 Å². The van der Waals surface area contributed by atoms with Crippen molar-refractivity contribution in [2.24, 2.45) is 5.41 Å². The monoisotopic (exact) mass is 253 g/mol. The minimum atomic E-state index is -0.864. The van der Waals surface area contributed by atoms with Crippen molar-refractivity contribution < 1.29 is 9.90 Å². The summed E-state index contributed by atoms with van der Waals surface area (Å²) in [5.41, 5.74) is -1.10. The van der Waals surface area contributed by atoms with Crippen LogP contribution in [0.2, 0.25) is 0 Å². The van der Waals surface area contributed by atoms with Crippen molar-refractivity contribution in [2.75, 3.05) is 11.9 Å². The number of aromatic amines is 1. The topological polar surface area (TPSA) is 95.1 Å². The second-order valence-corrected chi connectivity index (χ2v) is 4.50. The third-order valence-electron chi connectivity index (χ3n) is 3.08. The van der Waals surface area contributed by atoms with Gasteiger partial charge in [0.15, 0.2) is 0 Å². The SMILES string of the molecule is CCc1nc(NCC(C)(CC)C(=O)O)cc(=O)[nH]1. The molecule has 0 aliphatic heterocycles. The van der Waals surface area contributed by atoms with Gasteiger partial charge in [0, 0.05) is 19.0 Å². The van der Waals surface area contributed by atoms with Crippen LogP contribution in [0.1, 0.15) is 33.0 Å².